The first-order valence-corrected chi connectivity index (χ1v) is 5.54. The predicted octanol–water partition coefficient (Wildman–Crippen LogP) is 3.75. The Balaban J connectivity index is 2.92. The number of carboxylic acid groups (broad SMARTS) is 1. The van der Waals surface area contributed by atoms with Gasteiger partial charge in [-0.2, -0.15) is 13.2 Å². The Bertz CT molecular complexity index is 467. The molecule has 1 N–H and O–H groups in total. The predicted molar refractivity (Wildman–Crippen MR) is 63.3 cm³/mol. The topological polar surface area (TPSA) is 46.5 Å². The lowest BCUT2D eigenvalue weighted by Gasteiger charge is -2.12. The van der Waals surface area contributed by atoms with Gasteiger partial charge in [-0.3, -0.25) is 0 Å². The van der Waals surface area contributed by atoms with E-state index in [0.29, 0.717) is 18.9 Å². The van der Waals surface area contributed by atoms with Gasteiger partial charge in [-0.15, -0.1) is 6.58 Å². The molecule has 1 aromatic rings. The first-order chi connectivity index (χ1) is 8.86. The fourth-order valence-electron chi connectivity index (χ4n) is 1.41. The van der Waals surface area contributed by atoms with Crippen molar-refractivity contribution in [3.05, 3.63) is 42.0 Å². The number of carboxylic acids is 1. The lowest BCUT2D eigenvalue weighted by atomic mass is 10.1. The number of ether oxygens (including phenoxy) is 1. The summed E-state index contributed by atoms with van der Waals surface area (Å²) in [6.07, 6.45) is -1.60. The molecule has 0 saturated heterocycles. The number of benzene rings is 1. The van der Waals surface area contributed by atoms with Crippen molar-refractivity contribution in [2.24, 2.45) is 0 Å². The van der Waals surface area contributed by atoms with E-state index in [2.05, 4.69) is 6.58 Å². The second kappa shape index (κ2) is 6.26. The zero-order valence-electron chi connectivity index (χ0n) is 10.0. The van der Waals surface area contributed by atoms with E-state index in [0.717, 1.165) is 12.1 Å². The molecule has 0 saturated carbocycles. The van der Waals surface area contributed by atoms with Gasteiger partial charge in [0.1, 0.15) is 11.3 Å². The molecule has 0 aliphatic carbocycles. The maximum absolute atomic E-state index is 12.5. The Morgan fingerprint density at radius 1 is 1.42 bits per heavy atom. The molecule has 0 spiro atoms. The number of hydrogen-bond donors (Lipinski definition) is 1. The van der Waals surface area contributed by atoms with Gasteiger partial charge in [0.15, 0.2) is 0 Å². The highest BCUT2D eigenvalue weighted by Crippen LogP contribution is 2.32. The average molecular weight is 274 g/mol. The summed E-state index contributed by atoms with van der Waals surface area (Å²) in [5.41, 5.74) is -1.50. The molecule has 6 heteroatoms. The Labute approximate surface area is 108 Å². The van der Waals surface area contributed by atoms with Crippen LogP contribution in [0.1, 0.15) is 28.8 Å². The average Bonchev–Trinajstić information content (AvgIpc) is 2.33. The molecular weight excluding hydrogens is 261 g/mol. The van der Waals surface area contributed by atoms with E-state index in [9.17, 15) is 18.0 Å². The molecule has 0 amide bonds. The van der Waals surface area contributed by atoms with Gasteiger partial charge in [0.05, 0.1) is 12.2 Å². The summed E-state index contributed by atoms with van der Waals surface area (Å²) in [4.78, 5) is 10.9. The first-order valence-electron chi connectivity index (χ1n) is 5.54. The molecule has 0 aliphatic heterocycles. The molecule has 0 aromatic heterocycles. The SMILES string of the molecule is C=CCCCOc1ccc(C(F)(F)F)cc1C(=O)O. The first kappa shape index (κ1) is 15.1. The van der Waals surface area contributed by atoms with Crippen LogP contribution in [0, 0.1) is 0 Å². The van der Waals surface area contributed by atoms with E-state index in [1.165, 1.54) is 0 Å². The van der Waals surface area contributed by atoms with Crippen molar-refractivity contribution in [3.63, 3.8) is 0 Å². The zero-order chi connectivity index (χ0) is 14.5. The molecule has 0 fully saturated rings. The zero-order valence-corrected chi connectivity index (χ0v) is 10.0. The molecule has 19 heavy (non-hydrogen) atoms. The minimum absolute atomic E-state index is 0.0652. The maximum atomic E-state index is 12.5. The highest BCUT2D eigenvalue weighted by atomic mass is 19.4. The van der Waals surface area contributed by atoms with Crippen LogP contribution in [0.3, 0.4) is 0 Å². The van der Waals surface area contributed by atoms with Crippen molar-refractivity contribution in [3.8, 4) is 5.75 Å². The number of carbonyl (C=O) groups is 1. The summed E-state index contributed by atoms with van der Waals surface area (Å²) in [5, 5.41) is 8.90. The third-order valence-corrected chi connectivity index (χ3v) is 2.35. The molecule has 3 nitrogen and oxygen atoms in total. The van der Waals surface area contributed by atoms with Crippen LogP contribution >= 0.6 is 0 Å². The van der Waals surface area contributed by atoms with Gasteiger partial charge >= 0.3 is 12.1 Å². The van der Waals surface area contributed by atoms with E-state index in [4.69, 9.17) is 9.84 Å². The van der Waals surface area contributed by atoms with E-state index >= 15 is 0 Å². The molecule has 0 atom stereocenters. The van der Waals surface area contributed by atoms with Crippen LogP contribution < -0.4 is 4.74 Å². The summed E-state index contributed by atoms with van der Waals surface area (Å²) in [6.45, 7) is 3.73. The quantitative estimate of drug-likeness (QED) is 0.634. The number of hydrogen-bond acceptors (Lipinski definition) is 2. The van der Waals surface area contributed by atoms with Gasteiger partial charge in [-0.05, 0) is 31.0 Å². The highest BCUT2D eigenvalue weighted by molar-refractivity contribution is 5.91. The van der Waals surface area contributed by atoms with Crippen LogP contribution in [0.2, 0.25) is 0 Å². The number of allylic oxidation sites excluding steroid dienone is 1. The summed E-state index contributed by atoms with van der Waals surface area (Å²) < 4.78 is 42.6. The van der Waals surface area contributed by atoms with Crippen molar-refractivity contribution in [1.29, 1.82) is 0 Å². The Morgan fingerprint density at radius 2 is 2.11 bits per heavy atom. The maximum Gasteiger partial charge on any atom is 0.416 e. The number of aromatic carboxylic acids is 1. The van der Waals surface area contributed by atoms with Gasteiger partial charge in [0.2, 0.25) is 0 Å². The van der Waals surface area contributed by atoms with Gasteiger partial charge in [-0.1, -0.05) is 6.08 Å². The van der Waals surface area contributed by atoms with E-state index < -0.39 is 23.3 Å². The second-order valence-corrected chi connectivity index (χ2v) is 3.79. The second-order valence-electron chi connectivity index (χ2n) is 3.79. The molecule has 0 heterocycles. The van der Waals surface area contributed by atoms with Crippen LogP contribution in [0.5, 0.6) is 5.75 Å². The third-order valence-electron chi connectivity index (χ3n) is 2.35. The number of rotatable bonds is 6. The van der Waals surface area contributed by atoms with Crippen LogP contribution in [0.25, 0.3) is 0 Å². The normalized spacial score (nSPS) is 11.1. The Morgan fingerprint density at radius 3 is 2.63 bits per heavy atom. The molecule has 0 radical (unpaired) electrons. The molecular formula is C13H13F3O3. The van der Waals surface area contributed by atoms with Crippen molar-refractivity contribution in [2.75, 3.05) is 6.61 Å². The number of alkyl halides is 3. The third kappa shape index (κ3) is 4.31. The molecule has 1 rings (SSSR count). The van der Waals surface area contributed by atoms with Crippen molar-refractivity contribution in [1.82, 2.24) is 0 Å². The standard InChI is InChI=1S/C13H13F3O3/c1-2-3-4-7-19-11-6-5-9(13(14,15)16)8-10(11)12(17)18/h2,5-6,8H,1,3-4,7H2,(H,17,18). The van der Waals surface area contributed by atoms with E-state index in [1.807, 2.05) is 0 Å². The monoisotopic (exact) mass is 274 g/mol. The van der Waals surface area contributed by atoms with Crippen LogP contribution in [-0.4, -0.2) is 17.7 Å². The minimum atomic E-state index is -4.58. The number of unbranched alkanes of at least 4 members (excludes halogenated alkanes) is 1. The van der Waals surface area contributed by atoms with Crippen molar-refractivity contribution in [2.45, 2.75) is 19.0 Å². The Kier molecular flexibility index (Phi) is 4.97. The van der Waals surface area contributed by atoms with Crippen molar-refractivity contribution < 1.29 is 27.8 Å². The smallest absolute Gasteiger partial charge is 0.416 e. The molecule has 0 unspecified atom stereocenters. The molecule has 104 valence electrons. The van der Waals surface area contributed by atoms with E-state index in [-0.39, 0.29) is 12.4 Å². The fourth-order valence-corrected chi connectivity index (χ4v) is 1.41. The van der Waals surface area contributed by atoms with Crippen LogP contribution in [-0.2, 0) is 6.18 Å². The lowest BCUT2D eigenvalue weighted by molar-refractivity contribution is -0.137. The summed E-state index contributed by atoms with van der Waals surface area (Å²) in [7, 11) is 0. The lowest BCUT2D eigenvalue weighted by Crippen LogP contribution is -2.10. The minimum Gasteiger partial charge on any atom is -0.493 e. The van der Waals surface area contributed by atoms with E-state index in [1.54, 1.807) is 6.08 Å². The molecule has 1 aromatic carbocycles. The Hall–Kier alpha value is -1.98. The van der Waals surface area contributed by atoms with Gasteiger partial charge in [0, 0.05) is 0 Å². The molecule has 0 bridgehead atoms. The highest BCUT2D eigenvalue weighted by Gasteiger charge is 2.32. The number of halogens is 3. The molecule has 0 aliphatic rings. The van der Waals surface area contributed by atoms with Crippen molar-refractivity contribution >= 4 is 5.97 Å². The van der Waals surface area contributed by atoms with Crippen LogP contribution in [0.4, 0.5) is 13.2 Å². The van der Waals surface area contributed by atoms with Gasteiger partial charge in [-0.25, -0.2) is 4.79 Å². The summed E-state index contributed by atoms with van der Waals surface area (Å²) in [6, 6.07) is 2.40. The largest absolute Gasteiger partial charge is 0.493 e. The summed E-state index contributed by atoms with van der Waals surface area (Å²) in [5.74, 6) is -1.52. The summed E-state index contributed by atoms with van der Waals surface area (Å²) >= 11 is 0. The fraction of sp³-hybridized carbons (Fsp3) is 0.308. The van der Waals surface area contributed by atoms with Gasteiger partial charge in [0.25, 0.3) is 0 Å². The van der Waals surface area contributed by atoms with Crippen LogP contribution in [0.15, 0.2) is 30.9 Å². The van der Waals surface area contributed by atoms with Gasteiger partial charge < -0.3 is 9.84 Å².